The quantitative estimate of drug-likeness (QED) is 0.326. The average Bonchev–Trinajstić information content (AvgIpc) is 3.47. The summed E-state index contributed by atoms with van der Waals surface area (Å²) in [6, 6.07) is 11.1. The van der Waals surface area contributed by atoms with Crippen LogP contribution in [0.5, 0.6) is 5.88 Å². The second kappa shape index (κ2) is 13.2. The van der Waals surface area contributed by atoms with Crippen molar-refractivity contribution in [1.82, 2.24) is 20.2 Å². The second-order valence-electron chi connectivity index (χ2n) is 12.1. The highest BCUT2D eigenvalue weighted by Crippen LogP contribution is 2.43. The van der Waals surface area contributed by atoms with E-state index in [1.807, 2.05) is 4.90 Å². The summed E-state index contributed by atoms with van der Waals surface area (Å²) in [6.45, 7) is 3.25. The number of alkyl halides is 3. The van der Waals surface area contributed by atoms with Crippen LogP contribution in [0, 0.1) is 5.41 Å². The van der Waals surface area contributed by atoms with E-state index in [-0.39, 0.29) is 39.3 Å². The minimum absolute atomic E-state index is 0.143. The summed E-state index contributed by atoms with van der Waals surface area (Å²) >= 11 is 6.28. The van der Waals surface area contributed by atoms with Gasteiger partial charge >= 0.3 is 12.1 Å². The number of benzene rings is 2. The van der Waals surface area contributed by atoms with Gasteiger partial charge in [-0.25, -0.2) is 0 Å². The zero-order valence-electron chi connectivity index (χ0n) is 25.3. The number of carboxylic acid groups (broad SMARTS) is 1. The van der Waals surface area contributed by atoms with Gasteiger partial charge in [-0.05, 0) is 60.1 Å². The summed E-state index contributed by atoms with van der Waals surface area (Å²) in [6.07, 6.45) is -5.47. The number of carboxylic acids is 1. The number of nitrogen functional groups attached to an aromatic ring is 1. The number of carbonyl (C=O) groups is 2. The fourth-order valence-corrected chi connectivity index (χ4v) is 6.71. The van der Waals surface area contributed by atoms with Crippen LogP contribution in [0.1, 0.15) is 41.3 Å². The fraction of sp³-hybridized carbons (Fsp3) is 0.438. The molecule has 250 valence electrons. The summed E-state index contributed by atoms with van der Waals surface area (Å²) < 4.78 is 55.3. The highest BCUT2D eigenvalue weighted by Gasteiger charge is 2.46. The van der Waals surface area contributed by atoms with Crippen LogP contribution < -0.4 is 20.7 Å². The molecule has 3 saturated heterocycles. The lowest BCUT2D eigenvalue weighted by Crippen LogP contribution is -2.41. The molecule has 3 aliphatic heterocycles. The smallest absolute Gasteiger partial charge is 0.429 e. The maximum atomic E-state index is 14.8. The largest absolute Gasteiger partial charge is 0.480 e. The zero-order valence-corrected chi connectivity index (χ0v) is 26.1. The molecular formula is C32H34ClF3N6O5. The van der Waals surface area contributed by atoms with E-state index in [4.69, 9.17) is 26.8 Å². The van der Waals surface area contributed by atoms with Crippen molar-refractivity contribution in [2.75, 3.05) is 56.6 Å². The van der Waals surface area contributed by atoms with Crippen molar-refractivity contribution >= 4 is 35.2 Å². The summed E-state index contributed by atoms with van der Waals surface area (Å²) in [4.78, 5) is 36.4. The molecule has 0 radical (unpaired) electrons. The summed E-state index contributed by atoms with van der Waals surface area (Å²) in [5.74, 6) is -1.43. The normalized spacial score (nSPS) is 20.3. The third-order valence-corrected chi connectivity index (χ3v) is 9.30. The molecule has 1 spiro atoms. The number of halogens is 4. The van der Waals surface area contributed by atoms with Crippen LogP contribution >= 0.6 is 11.6 Å². The number of rotatable bonds is 7. The lowest BCUT2D eigenvalue weighted by molar-refractivity contribution is -0.198. The minimum Gasteiger partial charge on any atom is -0.480 e. The van der Waals surface area contributed by atoms with Crippen LogP contribution in [0.2, 0.25) is 5.02 Å². The standard InChI is InChI=1S/C32H34ClF3N6O5/c33-21-4-5-22(23(15-21)19-2-1-3-20(14-19)28(43)42-10-12-46-13-11-42)27(32(34,35)36)47-26-16-25(39-30(37)40-26)41-8-6-31(7-9-41)17-24(29(44)45)38-18-31/h1-5,14-16,24,27,38H,6-13,17-18H2,(H,44,45)(H2,37,39,40). The number of amides is 1. The van der Waals surface area contributed by atoms with Crippen molar-refractivity contribution in [3.05, 3.63) is 64.7 Å². The number of ether oxygens (including phenoxy) is 2. The minimum atomic E-state index is -4.88. The first kappa shape index (κ1) is 32.8. The molecule has 0 saturated carbocycles. The molecule has 1 amide bonds. The Balaban J connectivity index is 1.26. The van der Waals surface area contributed by atoms with E-state index in [1.165, 1.54) is 24.3 Å². The number of aliphatic carboxylic acids is 1. The molecule has 4 N–H and O–H groups in total. The average molecular weight is 675 g/mol. The number of morpholine rings is 1. The molecule has 47 heavy (non-hydrogen) atoms. The Morgan fingerprint density at radius 1 is 1.09 bits per heavy atom. The number of hydrogen-bond acceptors (Lipinski definition) is 9. The predicted octanol–water partition coefficient (Wildman–Crippen LogP) is 4.57. The van der Waals surface area contributed by atoms with Crippen molar-refractivity contribution < 1.29 is 37.3 Å². The predicted molar refractivity (Wildman–Crippen MR) is 167 cm³/mol. The van der Waals surface area contributed by atoms with E-state index in [1.54, 1.807) is 29.2 Å². The summed E-state index contributed by atoms with van der Waals surface area (Å²) in [7, 11) is 0. The molecule has 3 aliphatic rings. The Hall–Kier alpha value is -4.14. The van der Waals surface area contributed by atoms with Gasteiger partial charge in [-0.3, -0.25) is 9.59 Å². The second-order valence-corrected chi connectivity index (χ2v) is 12.6. The van der Waals surface area contributed by atoms with E-state index >= 15 is 0 Å². The highest BCUT2D eigenvalue weighted by molar-refractivity contribution is 6.30. The molecule has 2 unspecified atom stereocenters. The van der Waals surface area contributed by atoms with Gasteiger partial charge in [-0.2, -0.15) is 23.1 Å². The van der Waals surface area contributed by atoms with Crippen molar-refractivity contribution in [1.29, 1.82) is 0 Å². The number of aromatic nitrogens is 2. The monoisotopic (exact) mass is 674 g/mol. The third-order valence-electron chi connectivity index (χ3n) is 9.07. The van der Waals surface area contributed by atoms with E-state index in [2.05, 4.69) is 15.3 Å². The fourth-order valence-electron chi connectivity index (χ4n) is 6.54. The van der Waals surface area contributed by atoms with Gasteiger partial charge in [0.2, 0.25) is 17.9 Å². The molecule has 2 aromatic carbocycles. The van der Waals surface area contributed by atoms with Crippen molar-refractivity contribution in [2.45, 2.75) is 37.6 Å². The molecule has 6 rings (SSSR count). The number of hydrogen-bond donors (Lipinski definition) is 3. The van der Waals surface area contributed by atoms with Gasteiger partial charge in [0, 0.05) is 54.9 Å². The van der Waals surface area contributed by atoms with E-state index in [0.29, 0.717) is 82.1 Å². The van der Waals surface area contributed by atoms with Gasteiger partial charge in [0.05, 0.1) is 13.2 Å². The molecule has 3 fully saturated rings. The van der Waals surface area contributed by atoms with E-state index in [9.17, 15) is 27.9 Å². The Labute approximate surface area is 273 Å². The molecule has 4 heterocycles. The van der Waals surface area contributed by atoms with Crippen LogP contribution in [-0.4, -0.2) is 90.0 Å². The Kier molecular flexibility index (Phi) is 9.18. The summed E-state index contributed by atoms with van der Waals surface area (Å²) in [5, 5.41) is 12.7. The molecule has 11 nitrogen and oxygen atoms in total. The Morgan fingerprint density at radius 3 is 2.51 bits per heavy atom. The lowest BCUT2D eigenvalue weighted by atomic mass is 9.76. The Bertz CT molecular complexity index is 1650. The van der Waals surface area contributed by atoms with Gasteiger partial charge in [0.15, 0.2) is 0 Å². The van der Waals surface area contributed by atoms with Crippen LogP contribution in [0.4, 0.5) is 24.9 Å². The molecule has 0 aliphatic carbocycles. The molecule has 1 aromatic heterocycles. The molecule has 3 aromatic rings. The first-order valence-corrected chi connectivity index (χ1v) is 15.6. The van der Waals surface area contributed by atoms with Crippen LogP contribution in [0.3, 0.4) is 0 Å². The van der Waals surface area contributed by atoms with Crippen LogP contribution in [-0.2, 0) is 9.53 Å². The van der Waals surface area contributed by atoms with Gasteiger partial charge in [-0.1, -0.05) is 29.8 Å². The molecular weight excluding hydrogens is 641 g/mol. The number of piperidine rings is 1. The molecule has 15 heteroatoms. The van der Waals surface area contributed by atoms with E-state index in [0.717, 1.165) is 0 Å². The number of carbonyl (C=O) groups excluding carboxylic acids is 1. The number of nitrogens with two attached hydrogens (primary N) is 1. The zero-order chi connectivity index (χ0) is 33.3. The SMILES string of the molecule is Nc1nc(OC(c2ccc(Cl)cc2-c2cccc(C(=O)N3CCOCC3)c2)C(F)(F)F)cc(N2CCC3(CC2)CNC(C(=O)O)C3)n1. The van der Waals surface area contributed by atoms with Gasteiger partial charge in [0.1, 0.15) is 11.9 Å². The van der Waals surface area contributed by atoms with Crippen molar-refractivity contribution in [3.8, 4) is 17.0 Å². The third kappa shape index (κ3) is 7.24. The van der Waals surface area contributed by atoms with E-state index < -0.39 is 24.3 Å². The topological polar surface area (TPSA) is 143 Å². The number of nitrogens with zero attached hydrogens (tertiary/aromatic N) is 4. The van der Waals surface area contributed by atoms with Gasteiger partial charge in [0.25, 0.3) is 5.91 Å². The van der Waals surface area contributed by atoms with Crippen LogP contribution in [0.25, 0.3) is 11.1 Å². The number of nitrogens with one attached hydrogen (secondary N) is 1. The van der Waals surface area contributed by atoms with Gasteiger partial charge < -0.3 is 35.4 Å². The Morgan fingerprint density at radius 2 is 1.83 bits per heavy atom. The molecule has 0 bridgehead atoms. The first-order chi connectivity index (χ1) is 22.4. The molecule has 2 atom stereocenters. The van der Waals surface area contributed by atoms with Crippen LogP contribution in [0.15, 0.2) is 48.5 Å². The lowest BCUT2D eigenvalue weighted by Gasteiger charge is -2.39. The highest BCUT2D eigenvalue weighted by atomic mass is 35.5. The van der Waals surface area contributed by atoms with Crippen molar-refractivity contribution in [3.63, 3.8) is 0 Å². The maximum absolute atomic E-state index is 14.8. The van der Waals surface area contributed by atoms with Gasteiger partial charge in [-0.15, -0.1) is 0 Å². The maximum Gasteiger partial charge on any atom is 0.429 e. The van der Waals surface area contributed by atoms with Crippen molar-refractivity contribution in [2.24, 2.45) is 5.41 Å². The summed E-state index contributed by atoms with van der Waals surface area (Å²) in [5.41, 5.74) is 6.38. The first-order valence-electron chi connectivity index (χ1n) is 15.3. The number of anilines is 2.